The molecule has 0 aromatic heterocycles. The van der Waals surface area contributed by atoms with Gasteiger partial charge in [0, 0.05) is 13.1 Å². The van der Waals surface area contributed by atoms with Crippen LogP contribution in [0, 0.1) is 0 Å². The maximum absolute atomic E-state index is 10.8. The lowest BCUT2D eigenvalue weighted by atomic mass is 10.2. The normalized spacial score (nSPS) is 12.5. The molecule has 0 radical (unpaired) electrons. The average molecular weight is 168 g/mol. The van der Waals surface area contributed by atoms with Gasteiger partial charge >= 0.3 is 0 Å². The summed E-state index contributed by atoms with van der Waals surface area (Å²) < 4.78 is 0. The van der Waals surface area contributed by atoms with Gasteiger partial charge in [0.2, 0.25) is 5.91 Å². The molecule has 0 heterocycles. The van der Waals surface area contributed by atoms with E-state index in [1.165, 1.54) is 0 Å². The van der Waals surface area contributed by atoms with Crippen LogP contribution in [0.4, 0.5) is 0 Å². The van der Waals surface area contributed by atoms with E-state index in [1.807, 2.05) is 4.90 Å². The zero-order valence-corrected chi connectivity index (χ0v) is 7.49. The van der Waals surface area contributed by atoms with E-state index in [-0.39, 0.29) is 11.9 Å². The molecule has 0 saturated carbocycles. The molecule has 2 N–H and O–H groups in total. The molecule has 1 unspecified atom stereocenters. The Morgan fingerprint density at radius 1 is 1.50 bits per heavy atom. The smallest absolute Gasteiger partial charge is 0.234 e. The minimum absolute atomic E-state index is 0.263. The summed E-state index contributed by atoms with van der Waals surface area (Å²) in [4.78, 5) is 12.7. The van der Waals surface area contributed by atoms with Crippen molar-refractivity contribution in [3.05, 3.63) is 25.3 Å². The molecule has 68 valence electrons. The van der Waals surface area contributed by atoms with Gasteiger partial charge in [-0.3, -0.25) is 9.69 Å². The van der Waals surface area contributed by atoms with Crippen molar-refractivity contribution in [1.29, 1.82) is 0 Å². The highest BCUT2D eigenvalue weighted by molar-refractivity contribution is 5.79. The van der Waals surface area contributed by atoms with E-state index in [2.05, 4.69) is 13.2 Å². The van der Waals surface area contributed by atoms with Crippen LogP contribution >= 0.6 is 0 Å². The second-order valence-corrected chi connectivity index (χ2v) is 2.61. The molecule has 0 aliphatic heterocycles. The molecule has 0 saturated heterocycles. The summed E-state index contributed by atoms with van der Waals surface area (Å²) in [7, 11) is 0. The van der Waals surface area contributed by atoms with Gasteiger partial charge in [0.05, 0.1) is 6.04 Å². The summed E-state index contributed by atoms with van der Waals surface area (Å²) in [5.41, 5.74) is 5.15. The molecular formula is C9H16N2O. The SMILES string of the molecule is C=CCN(CC=C)C(C)C(N)=O. The molecule has 0 bridgehead atoms. The zero-order chi connectivity index (χ0) is 9.56. The first-order valence-electron chi connectivity index (χ1n) is 3.88. The lowest BCUT2D eigenvalue weighted by Crippen LogP contribution is -2.42. The van der Waals surface area contributed by atoms with Crippen LogP contribution in [0.5, 0.6) is 0 Å². The molecule has 1 atom stereocenters. The van der Waals surface area contributed by atoms with Crippen LogP contribution < -0.4 is 5.73 Å². The number of carbonyl (C=O) groups excluding carboxylic acids is 1. The Bertz CT molecular complexity index is 167. The first-order chi connectivity index (χ1) is 5.63. The van der Waals surface area contributed by atoms with Crippen LogP contribution in [0.2, 0.25) is 0 Å². The molecule has 3 nitrogen and oxygen atoms in total. The Labute approximate surface area is 73.5 Å². The van der Waals surface area contributed by atoms with Crippen LogP contribution in [0.3, 0.4) is 0 Å². The number of carbonyl (C=O) groups is 1. The van der Waals surface area contributed by atoms with Gasteiger partial charge in [-0.1, -0.05) is 12.2 Å². The van der Waals surface area contributed by atoms with Crippen LogP contribution in [0.1, 0.15) is 6.92 Å². The Balaban J connectivity index is 4.16. The van der Waals surface area contributed by atoms with Crippen LogP contribution in [0.25, 0.3) is 0 Å². The number of primary amides is 1. The molecule has 1 amide bonds. The Morgan fingerprint density at radius 3 is 2.17 bits per heavy atom. The van der Waals surface area contributed by atoms with E-state index in [1.54, 1.807) is 19.1 Å². The fraction of sp³-hybridized carbons (Fsp3) is 0.444. The quantitative estimate of drug-likeness (QED) is 0.588. The number of amides is 1. The number of hydrogen-bond acceptors (Lipinski definition) is 2. The third-order valence-electron chi connectivity index (χ3n) is 1.69. The number of nitrogens with two attached hydrogens (primary N) is 1. The summed E-state index contributed by atoms with van der Waals surface area (Å²) in [6.07, 6.45) is 3.48. The van der Waals surface area contributed by atoms with Gasteiger partial charge in [-0.15, -0.1) is 13.2 Å². The van der Waals surface area contributed by atoms with E-state index in [4.69, 9.17) is 5.73 Å². The van der Waals surface area contributed by atoms with E-state index in [0.717, 1.165) is 0 Å². The fourth-order valence-corrected chi connectivity index (χ4v) is 0.902. The van der Waals surface area contributed by atoms with Gasteiger partial charge in [0.15, 0.2) is 0 Å². The lowest BCUT2D eigenvalue weighted by Gasteiger charge is -2.23. The third kappa shape index (κ3) is 3.34. The minimum Gasteiger partial charge on any atom is -0.368 e. The first-order valence-corrected chi connectivity index (χ1v) is 3.88. The Kier molecular flexibility index (Phi) is 5.04. The van der Waals surface area contributed by atoms with Gasteiger partial charge < -0.3 is 5.73 Å². The Hall–Kier alpha value is -1.09. The number of hydrogen-bond donors (Lipinski definition) is 1. The molecular weight excluding hydrogens is 152 g/mol. The van der Waals surface area contributed by atoms with E-state index in [0.29, 0.717) is 13.1 Å². The molecule has 3 heteroatoms. The van der Waals surface area contributed by atoms with Crippen molar-refractivity contribution in [1.82, 2.24) is 4.90 Å². The molecule has 0 aliphatic rings. The van der Waals surface area contributed by atoms with Crippen LogP contribution in [-0.4, -0.2) is 29.9 Å². The van der Waals surface area contributed by atoms with E-state index in [9.17, 15) is 4.79 Å². The zero-order valence-electron chi connectivity index (χ0n) is 7.49. The van der Waals surface area contributed by atoms with Gasteiger partial charge in [0.1, 0.15) is 0 Å². The van der Waals surface area contributed by atoms with E-state index >= 15 is 0 Å². The van der Waals surface area contributed by atoms with Gasteiger partial charge in [-0.05, 0) is 6.92 Å². The standard InChI is InChI=1S/C9H16N2O/c1-4-6-11(7-5-2)8(3)9(10)12/h4-5,8H,1-2,6-7H2,3H3,(H2,10,12). The van der Waals surface area contributed by atoms with Crippen LogP contribution in [-0.2, 0) is 4.79 Å². The van der Waals surface area contributed by atoms with E-state index < -0.39 is 0 Å². The van der Waals surface area contributed by atoms with Crippen molar-refractivity contribution < 1.29 is 4.79 Å². The number of rotatable bonds is 6. The number of nitrogens with zero attached hydrogens (tertiary/aromatic N) is 1. The monoisotopic (exact) mass is 168 g/mol. The molecule has 0 aromatic rings. The highest BCUT2D eigenvalue weighted by Crippen LogP contribution is 1.97. The predicted molar refractivity (Wildman–Crippen MR) is 50.6 cm³/mol. The Morgan fingerprint density at radius 2 is 1.92 bits per heavy atom. The second-order valence-electron chi connectivity index (χ2n) is 2.61. The molecule has 0 aromatic carbocycles. The van der Waals surface area contributed by atoms with Crippen molar-refractivity contribution in [2.45, 2.75) is 13.0 Å². The van der Waals surface area contributed by atoms with Crippen molar-refractivity contribution >= 4 is 5.91 Å². The summed E-state index contributed by atoms with van der Waals surface area (Å²) in [5, 5.41) is 0. The molecule has 12 heavy (non-hydrogen) atoms. The lowest BCUT2D eigenvalue weighted by molar-refractivity contribution is -0.122. The highest BCUT2D eigenvalue weighted by atomic mass is 16.1. The summed E-state index contributed by atoms with van der Waals surface area (Å²) >= 11 is 0. The maximum atomic E-state index is 10.8. The highest BCUT2D eigenvalue weighted by Gasteiger charge is 2.15. The summed E-state index contributed by atoms with van der Waals surface area (Å²) in [5.74, 6) is -0.321. The second kappa shape index (κ2) is 5.55. The van der Waals surface area contributed by atoms with Crippen molar-refractivity contribution in [3.63, 3.8) is 0 Å². The van der Waals surface area contributed by atoms with Crippen molar-refractivity contribution in [2.24, 2.45) is 5.73 Å². The minimum atomic E-state index is -0.321. The third-order valence-corrected chi connectivity index (χ3v) is 1.69. The first kappa shape index (κ1) is 10.9. The predicted octanol–water partition coefficient (Wildman–Crippen LogP) is 0.534. The van der Waals surface area contributed by atoms with Crippen molar-refractivity contribution in [2.75, 3.05) is 13.1 Å². The molecule has 0 fully saturated rings. The summed E-state index contributed by atoms with van der Waals surface area (Å²) in [6.45, 7) is 10.3. The largest absolute Gasteiger partial charge is 0.368 e. The van der Waals surface area contributed by atoms with Gasteiger partial charge in [-0.2, -0.15) is 0 Å². The van der Waals surface area contributed by atoms with Crippen molar-refractivity contribution in [3.8, 4) is 0 Å². The fourth-order valence-electron chi connectivity index (χ4n) is 0.902. The van der Waals surface area contributed by atoms with Gasteiger partial charge in [0.25, 0.3) is 0 Å². The molecule has 0 rings (SSSR count). The topological polar surface area (TPSA) is 46.3 Å². The molecule has 0 aliphatic carbocycles. The average Bonchev–Trinajstić information content (AvgIpc) is 2.03. The summed E-state index contributed by atoms with van der Waals surface area (Å²) in [6, 6.07) is -0.263. The molecule has 0 spiro atoms. The van der Waals surface area contributed by atoms with Gasteiger partial charge in [-0.25, -0.2) is 0 Å². The van der Waals surface area contributed by atoms with Crippen LogP contribution in [0.15, 0.2) is 25.3 Å². The maximum Gasteiger partial charge on any atom is 0.234 e.